The predicted octanol–water partition coefficient (Wildman–Crippen LogP) is 5.22. The van der Waals surface area contributed by atoms with Gasteiger partial charge in [0.15, 0.2) is 0 Å². The van der Waals surface area contributed by atoms with Crippen molar-refractivity contribution in [2.45, 2.75) is 72.4 Å². The first-order valence-electron chi connectivity index (χ1n) is 13.6. The van der Waals surface area contributed by atoms with Gasteiger partial charge in [-0.05, 0) is 74.1 Å². The van der Waals surface area contributed by atoms with E-state index in [1.54, 1.807) is 31.2 Å². The van der Waals surface area contributed by atoms with E-state index in [0.29, 0.717) is 42.7 Å². The summed E-state index contributed by atoms with van der Waals surface area (Å²) in [5.41, 5.74) is 7.91. The van der Waals surface area contributed by atoms with Crippen molar-refractivity contribution < 1.29 is 18.8 Å². The van der Waals surface area contributed by atoms with Gasteiger partial charge in [0.2, 0.25) is 5.91 Å². The number of nitrogens with zero attached hydrogens (tertiary/aromatic N) is 1. The predicted molar refractivity (Wildman–Crippen MR) is 150 cm³/mol. The first kappa shape index (κ1) is 31.0. The molecule has 3 amide bonds. The Hall–Kier alpha value is -3.26. The molecule has 0 radical (unpaired) electrons. The fourth-order valence-electron chi connectivity index (χ4n) is 4.41. The molecule has 0 spiro atoms. The molecule has 0 bridgehead atoms. The molecule has 208 valence electrons. The molecule has 0 heterocycles. The maximum Gasteiger partial charge on any atom is 0.253 e. The third kappa shape index (κ3) is 9.56. The minimum Gasteiger partial charge on any atom is -0.348 e. The standard InChI is InChI=1S/C30H43FN4O3/c1-6-15-35(16-7-2)30(38)23-10-8-9-22(19-23)29(37)34-27(17-20(3)4)26(32)18-21(5)28(36)33-25-13-11-24(31)12-14-25/h8-14,19-21,26-27H,6-7,15-18,32H2,1-5H3,(H,33,36)(H,34,37)/t21-,26+,27+/m1/s1. The van der Waals surface area contributed by atoms with Crippen LogP contribution in [0.25, 0.3) is 0 Å². The van der Waals surface area contributed by atoms with Gasteiger partial charge in [0, 0.05) is 47.9 Å². The summed E-state index contributed by atoms with van der Waals surface area (Å²) >= 11 is 0. The Labute approximate surface area is 226 Å². The highest BCUT2D eigenvalue weighted by Crippen LogP contribution is 2.18. The molecular weight excluding hydrogens is 483 g/mol. The third-order valence-electron chi connectivity index (χ3n) is 6.39. The number of nitrogens with one attached hydrogen (secondary N) is 2. The van der Waals surface area contributed by atoms with Crippen molar-refractivity contribution in [3.63, 3.8) is 0 Å². The van der Waals surface area contributed by atoms with Gasteiger partial charge in [-0.1, -0.05) is 40.7 Å². The molecule has 0 saturated carbocycles. The largest absolute Gasteiger partial charge is 0.348 e. The molecule has 0 aromatic heterocycles. The van der Waals surface area contributed by atoms with Gasteiger partial charge in [-0.15, -0.1) is 0 Å². The number of nitrogens with two attached hydrogens (primary N) is 1. The van der Waals surface area contributed by atoms with Crippen LogP contribution in [0.3, 0.4) is 0 Å². The molecule has 0 aliphatic carbocycles. The van der Waals surface area contributed by atoms with Crippen LogP contribution in [0.15, 0.2) is 48.5 Å². The molecule has 0 unspecified atom stereocenters. The second-order valence-corrected chi connectivity index (χ2v) is 10.4. The van der Waals surface area contributed by atoms with E-state index < -0.39 is 12.0 Å². The Bertz CT molecular complexity index is 1050. The van der Waals surface area contributed by atoms with E-state index in [2.05, 4.69) is 10.6 Å². The lowest BCUT2D eigenvalue weighted by atomic mass is 9.90. The topological polar surface area (TPSA) is 105 Å². The van der Waals surface area contributed by atoms with Crippen molar-refractivity contribution in [2.24, 2.45) is 17.6 Å². The fraction of sp³-hybridized carbons (Fsp3) is 0.500. The first-order valence-corrected chi connectivity index (χ1v) is 13.6. The zero-order chi connectivity index (χ0) is 28.2. The van der Waals surface area contributed by atoms with Gasteiger partial charge < -0.3 is 21.3 Å². The highest BCUT2D eigenvalue weighted by molar-refractivity contribution is 5.99. The van der Waals surface area contributed by atoms with Gasteiger partial charge in [-0.3, -0.25) is 14.4 Å². The smallest absolute Gasteiger partial charge is 0.253 e. The monoisotopic (exact) mass is 526 g/mol. The van der Waals surface area contributed by atoms with Crippen molar-refractivity contribution in [3.05, 3.63) is 65.5 Å². The van der Waals surface area contributed by atoms with Crippen molar-refractivity contribution in [3.8, 4) is 0 Å². The molecule has 7 nitrogen and oxygen atoms in total. The van der Waals surface area contributed by atoms with Crippen LogP contribution < -0.4 is 16.4 Å². The minimum atomic E-state index is -0.468. The van der Waals surface area contributed by atoms with Gasteiger partial charge in [0.1, 0.15) is 5.82 Å². The summed E-state index contributed by atoms with van der Waals surface area (Å²) in [5, 5.41) is 5.83. The quantitative estimate of drug-likeness (QED) is 0.314. The summed E-state index contributed by atoms with van der Waals surface area (Å²) in [4.78, 5) is 40.7. The van der Waals surface area contributed by atoms with E-state index in [-0.39, 0.29) is 35.5 Å². The molecule has 0 saturated heterocycles. The average molecular weight is 527 g/mol. The highest BCUT2D eigenvalue weighted by Gasteiger charge is 2.26. The fourth-order valence-corrected chi connectivity index (χ4v) is 4.41. The Morgan fingerprint density at radius 2 is 1.53 bits per heavy atom. The summed E-state index contributed by atoms with van der Waals surface area (Å²) in [7, 11) is 0. The van der Waals surface area contributed by atoms with Gasteiger partial charge in [-0.2, -0.15) is 0 Å². The van der Waals surface area contributed by atoms with Crippen LogP contribution in [-0.4, -0.2) is 47.8 Å². The van der Waals surface area contributed by atoms with Crippen LogP contribution in [0.4, 0.5) is 10.1 Å². The third-order valence-corrected chi connectivity index (χ3v) is 6.39. The first-order chi connectivity index (χ1) is 18.0. The van der Waals surface area contributed by atoms with Crippen LogP contribution in [0.5, 0.6) is 0 Å². The van der Waals surface area contributed by atoms with E-state index in [0.717, 1.165) is 12.8 Å². The molecule has 2 aromatic rings. The molecule has 4 N–H and O–H groups in total. The van der Waals surface area contributed by atoms with Crippen molar-refractivity contribution in [1.29, 1.82) is 0 Å². The number of hydrogen-bond acceptors (Lipinski definition) is 4. The number of carbonyl (C=O) groups is 3. The number of benzene rings is 2. The highest BCUT2D eigenvalue weighted by atomic mass is 19.1. The Morgan fingerprint density at radius 1 is 0.921 bits per heavy atom. The molecule has 2 aromatic carbocycles. The zero-order valence-electron chi connectivity index (χ0n) is 23.3. The van der Waals surface area contributed by atoms with Crippen LogP contribution in [0, 0.1) is 17.7 Å². The maximum atomic E-state index is 13.2. The summed E-state index contributed by atoms with van der Waals surface area (Å²) < 4.78 is 13.2. The van der Waals surface area contributed by atoms with Crippen molar-refractivity contribution in [1.82, 2.24) is 10.2 Å². The van der Waals surface area contributed by atoms with E-state index in [4.69, 9.17) is 5.73 Å². The SMILES string of the molecule is CCCN(CCC)C(=O)c1cccc(C(=O)N[C@@H](CC(C)C)[C@@H](N)C[C@@H](C)C(=O)Nc2ccc(F)cc2)c1. The van der Waals surface area contributed by atoms with E-state index in [1.807, 2.05) is 32.6 Å². The Morgan fingerprint density at radius 3 is 2.11 bits per heavy atom. The summed E-state index contributed by atoms with van der Waals surface area (Å²) in [6.45, 7) is 11.3. The molecule has 8 heteroatoms. The van der Waals surface area contributed by atoms with Crippen LogP contribution in [0.2, 0.25) is 0 Å². The summed E-state index contributed by atoms with van der Waals surface area (Å²) in [6, 6.07) is 11.5. The second-order valence-electron chi connectivity index (χ2n) is 10.4. The number of carbonyl (C=O) groups excluding carboxylic acids is 3. The van der Waals surface area contributed by atoms with E-state index in [9.17, 15) is 18.8 Å². The molecule has 2 rings (SSSR count). The summed E-state index contributed by atoms with van der Waals surface area (Å²) in [5.74, 6) is -1.15. The van der Waals surface area contributed by atoms with Crippen LogP contribution in [-0.2, 0) is 4.79 Å². The summed E-state index contributed by atoms with van der Waals surface area (Å²) in [6.07, 6.45) is 2.72. The number of amides is 3. The Balaban J connectivity index is 2.09. The molecular formula is C30H43FN4O3. The Kier molecular flexibility index (Phi) is 12.4. The molecule has 3 atom stereocenters. The molecule has 38 heavy (non-hydrogen) atoms. The maximum absolute atomic E-state index is 13.2. The van der Waals surface area contributed by atoms with E-state index >= 15 is 0 Å². The number of anilines is 1. The van der Waals surface area contributed by atoms with Crippen molar-refractivity contribution >= 4 is 23.4 Å². The van der Waals surface area contributed by atoms with E-state index in [1.165, 1.54) is 24.3 Å². The average Bonchev–Trinajstić information content (AvgIpc) is 2.88. The van der Waals surface area contributed by atoms with Gasteiger partial charge >= 0.3 is 0 Å². The number of halogens is 1. The number of hydrogen-bond donors (Lipinski definition) is 3. The lowest BCUT2D eigenvalue weighted by molar-refractivity contribution is -0.119. The lowest BCUT2D eigenvalue weighted by Gasteiger charge is -2.28. The van der Waals surface area contributed by atoms with Gasteiger partial charge in [0.25, 0.3) is 11.8 Å². The van der Waals surface area contributed by atoms with Gasteiger partial charge in [0.05, 0.1) is 0 Å². The molecule has 0 aliphatic heterocycles. The minimum absolute atomic E-state index is 0.0835. The lowest BCUT2D eigenvalue weighted by Crippen LogP contribution is -2.49. The second kappa shape index (κ2) is 15.2. The van der Waals surface area contributed by atoms with Crippen molar-refractivity contribution in [2.75, 3.05) is 18.4 Å². The van der Waals surface area contributed by atoms with Gasteiger partial charge in [-0.25, -0.2) is 4.39 Å². The molecule has 0 aliphatic rings. The zero-order valence-corrected chi connectivity index (χ0v) is 23.3. The van der Waals surface area contributed by atoms with Crippen LogP contribution >= 0.6 is 0 Å². The number of rotatable bonds is 14. The molecule has 0 fully saturated rings. The van der Waals surface area contributed by atoms with Crippen LogP contribution in [0.1, 0.15) is 81.0 Å². The normalized spacial score (nSPS) is 13.5.